The average molecular weight is 277 g/mol. The van der Waals surface area contributed by atoms with Crippen LogP contribution in [-0.2, 0) is 12.0 Å². The van der Waals surface area contributed by atoms with Gasteiger partial charge in [-0.2, -0.15) is 11.8 Å². The van der Waals surface area contributed by atoms with Crippen LogP contribution in [0.5, 0.6) is 0 Å². The van der Waals surface area contributed by atoms with Crippen LogP contribution in [0.25, 0.3) is 11.0 Å². The molecule has 3 nitrogen and oxygen atoms in total. The first-order valence-electron chi connectivity index (χ1n) is 6.68. The summed E-state index contributed by atoms with van der Waals surface area (Å²) in [4.78, 5) is 4.80. The summed E-state index contributed by atoms with van der Waals surface area (Å²) >= 11 is 1.89. The van der Waals surface area contributed by atoms with E-state index in [1.54, 1.807) is 0 Å². The minimum atomic E-state index is 0.0487. The average Bonchev–Trinajstić information content (AvgIpc) is 2.67. The molecule has 0 saturated carbocycles. The number of aryl methyl sites for hydroxylation is 1. The van der Waals surface area contributed by atoms with E-state index >= 15 is 0 Å². The molecule has 4 heteroatoms. The maximum atomic E-state index is 5.86. The second-order valence-corrected chi connectivity index (χ2v) is 6.92. The van der Waals surface area contributed by atoms with Crippen LogP contribution >= 0.6 is 11.8 Å². The van der Waals surface area contributed by atoms with E-state index in [0.29, 0.717) is 0 Å². The molecule has 2 rings (SSSR count). The smallest absolute Gasteiger partial charge is 0.115 e. The Morgan fingerprint density at radius 1 is 1.32 bits per heavy atom. The van der Waals surface area contributed by atoms with Crippen molar-refractivity contribution in [2.75, 3.05) is 17.7 Å². The van der Waals surface area contributed by atoms with Gasteiger partial charge in [0.2, 0.25) is 0 Å². The molecular formula is C15H23N3S. The van der Waals surface area contributed by atoms with E-state index in [1.807, 2.05) is 23.9 Å². The lowest BCUT2D eigenvalue weighted by molar-refractivity contribution is 0.502. The van der Waals surface area contributed by atoms with Gasteiger partial charge < -0.3 is 10.3 Å². The Labute approximate surface area is 119 Å². The van der Waals surface area contributed by atoms with E-state index in [-0.39, 0.29) is 5.41 Å². The molecule has 1 aromatic carbocycles. The molecule has 0 bridgehead atoms. The lowest BCUT2D eigenvalue weighted by Gasteiger charge is -2.20. The first-order valence-corrected chi connectivity index (χ1v) is 8.08. The summed E-state index contributed by atoms with van der Waals surface area (Å²) in [6.07, 6.45) is 3.32. The van der Waals surface area contributed by atoms with Crippen molar-refractivity contribution in [3.8, 4) is 0 Å². The molecular weight excluding hydrogens is 254 g/mol. The van der Waals surface area contributed by atoms with Gasteiger partial charge in [-0.25, -0.2) is 4.98 Å². The van der Waals surface area contributed by atoms with Gasteiger partial charge in [-0.15, -0.1) is 0 Å². The Bertz CT molecular complexity index is 567. The zero-order valence-electron chi connectivity index (χ0n) is 12.2. The number of anilines is 1. The minimum Gasteiger partial charge on any atom is -0.399 e. The summed E-state index contributed by atoms with van der Waals surface area (Å²) in [6, 6.07) is 6.02. The molecule has 0 unspecified atom stereocenters. The highest BCUT2D eigenvalue weighted by molar-refractivity contribution is 7.98. The molecule has 0 fully saturated rings. The summed E-state index contributed by atoms with van der Waals surface area (Å²) in [5.74, 6) is 2.33. The van der Waals surface area contributed by atoms with Gasteiger partial charge >= 0.3 is 0 Å². The maximum Gasteiger partial charge on any atom is 0.115 e. The van der Waals surface area contributed by atoms with Crippen molar-refractivity contribution in [2.24, 2.45) is 0 Å². The van der Waals surface area contributed by atoms with Gasteiger partial charge in [-0.1, -0.05) is 20.8 Å². The van der Waals surface area contributed by atoms with E-state index in [9.17, 15) is 0 Å². The molecule has 0 amide bonds. The topological polar surface area (TPSA) is 43.8 Å². The molecule has 104 valence electrons. The first-order chi connectivity index (χ1) is 8.93. The van der Waals surface area contributed by atoms with E-state index in [1.165, 1.54) is 17.7 Å². The van der Waals surface area contributed by atoms with Crippen molar-refractivity contribution in [3.05, 3.63) is 24.0 Å². The van der Waals surface area contributed by atoms with Crippen molar-refractivity contribution in [1.29, 1.82) is 0 Å². The SMILES string of the molecule is CSCCCn1c(C(C)(C)C)nc2cc(N)ccc21. The lowest BCUT2D eigenvalue weighted by Crippen LogP contribution is -2.19. The number of hydrogen-bond donors (Lipinski definition) is 1. The molecule has 0 aliphatic rings. The van der Waals surface area contributed by atoms with E-state index in [4.69, 9.17) is 10.7 Å². The molecule has 2 N–H and O–H groups in total. The van der Waals surface area contributed by atoms with Crippen LogP contribution in [0.1, 0.15) is 33.0 Å². The molecule has 0 saturated heterocycles. The largest absolute Gasteiger partial charge is 0.399 e. The fourth-order valence-electron chi connectivity index (χ4n) is 2.31. The fraction of sp³-hybridized carbons (Fsp3) is 0.533. The third kappa shape index (κ3) is 3.06. The number of nitrogen functional groups attached to an aromatic ring is 1. The Morgan fingerprint density at radius 3 is 2.68 bits per heavy atom. The second kappa shape index (κ2) is 5.45. The van der Waals surface area contributed by atoms with Gasteiger partial charge in [0.05, 0.1) is 11.0 Å². The molecule has 0 atom stereocenters. The van der Waals surface area contributed by atoms with Crippen LogP contribution in [0.2, 0.25) is 0 Å². The van der Waals surface area contributed by atoms with Crippen molar-refractivity contribution in [3.63, 3.8) is 0 Å². The molecule has 19 heavy (non-hydrogen) atoms. The molecule has 1 aromatic heterocycles. The van der Waals surface area contributed by atoms with Crippen LogP contribution in [0, 0.1) is 0 Å². The standard InChI is InChI=1S/C15H23N3S/c1-15(2,3)14-17-12-10-11(16)6-7-13(12)18(14)8-5-9-19-4/h6-7,10H,5,8-9,16H2,1-4H3. The minimum absolute atomic E-state index is 0.0487. The number of aromatic nitrogens is 2. The molecule has 0 radical (unpaired) electrons. The van der Waals surface area contributed by atoms with E-state index in [0.717, 1.165) is 23.6 Å². The van der Waals surface area contributed by atoms with Crippen LogP contribution in [-0.4, -0.2) is 21.6 Å². The molecule has 1 heterocycles. The summed E-state index contributed by atoms with van der Waals surface area (Å²) in [6.45, 7) is 7.65. The van der Waals surface area contributed by atoms with Crippen molar-refractivity contribution >= 4 is 28.5 Å². The van der Waals surface area contributed by atoms with Crippen LogP contribution < -0.4 is 5.73 Å². The van der Waals surface area contributed by atoms with Crippen LogP contribution in [0.4, 0.5) is 5.69 Å². The number of nitrogens with two attached hydrogens (primary N) is 1. The summed E-state index contributed by atoms with van der Waals surface area (Å²) in [7, 11) is 0. The summed E-state index contributed by atoms with van der Waals surface area (Å²) in [5, 5.41) is 0. The zero-order chi connectivity index (χ0) is 14.0. The number of benzene rings is 1. The Hall–Kier alpha value is -1.16. The molecule has 0 spiro atoms. The van der Waals surface area contributed by atoms with Gasteiger partial charge in [-0.05, 0) is 36.6 Å². The highest BCUT2D eigenvalue weighted by atomic mass is 32.2. The molecule has 2 aromatic rings. The van der Waals surface area contributed by atoms with Gasteiger partial charge in [0.1, 0.15) is 5.82 Å². The maximum absolute atomic E-state index is 5.86. The van der Waals surface area contributed by atoms with Crippen LogP contribution in [0.3, 0.4) is 0 Å². The number of rotatable bonds is 4. The summed E-state index contributed by atoms with van der Waals surface area (Å²) < 4.78 is 2.35. The van der Waals surface area contributed by atoms with Crippen molar-refractivity contribution in [2.45, 2.75) is 39.2 Å². The fourth-order valence-corrected chi connectivity index (χ4v) is 2.73. The Morgan fingerprint density at radius 2 is 2.05 bits per heavy atom. The monoisotopic (exact) mass is 277 g/mol. The highest BCUT2D eigenvalue weighted by Gasteiger charge is 2.22. The van der Waals surface area contributed by atoms with E-state index in [2.05, 4.69) is 37.7 Å². The zero-order valence-corrected chi connectivity index (χ0v) is 13.0. The van der Waals surface area contributed by atoms with Gasteiger partial charge in [0, 0.05) is 17.6 Å². The predicted molar refractivity (Wildman–Crippen MR) is 85.8 cm³/mol. The number of nitrogens with zero attached hydrogens (tertiary/aromatic N) is 2. The highest BCUT2D eigenvalue weighted by Crippen LogP contribution is 2.27. The number of imidazole rings is 1. The number of thioether (sulfide) groups is 1. The molecule has 0 aliphatic carbocycles. The normalized spacial score (nSPS) is 12.2. The number of hydrogen-bond acceptors (Lipinski definition) is 3. The Kier molecular flexibility index (Phi) is 4.09. The molecule has 0 aliphatic heterocycles. The third-order valence-corrected chi connectivity index (χ3v) is 3.87. The van der Waals surface area contributed by atoms with Crippen molar-refractivity contribution in [1.82, 2.24) is 9.55 Å². The third-order valence-electron chi connectivity index (χ3n) is 3.17. The predicted octanol–water partition coefficient (Wildman–Crippen LogP) is 3.67. The first kappa shape index (κ1) is 14.3. The van der Waals surface area contributed by atoms with Crippen LogP contribution in [0.15, 0.2) is 18.2 Å². The quantitative estimate of drug-likeness (QED) is 0.685. The lowest BCUT2D eigenvalue weighted by atomic mass is 9.95. The van der Waals surface area contributed by atoms with E-state index < -0.39 is 0 Å². The Balaban J connectivity index is 2.49. The van der Waals surface area contributed by atoms with Gasteiger partial charge in [-0.3, -0.25) is 0 Å². The van der Waals surface area contributed by atoms with Gasteiger partial charge in [0.25, 0.3) is 0 Å². The summed E-state index contributed by atoms with van der Waals surface area (Å²) in [5.41, 5.74) is 8.89. The number of fused-ring (bicyclic) bond motifs is 1. The second-order valence-electron chi connectivity index (χ2n) is 5.93. The van der Waals surface area contributed by atoms with Crippen molar-refractivity contribution < 1.29 is 0 Å². The van der Waals surface area contributed by atoms with Gasteiger partial charge in [0.15, 0.2) is 0 Å².